The topological polar surface area (TPSA) is 35.5 Å². The van der Waals surface area contributed by atoms with Crippen LogP contribution in [0.25, 0.3) is 0 Å². The van der Waals surface area contributed by atoms with Gasteiger partial charge in [0.05, 0.1) is 0 Å². The maximum absolute atomic E-state index is 9.72. The van der Waals surface area contributed by atoms with Crippen LogP contribution < -0.4 is 5.32 Å². The van der Waals surface area contributed by atoms with Gasteiger partial charge < -0.3 is 10.4 Å². The first-order valence-electron chi connectivity index (χ1n) is 7.09. The first-order valence-corrected chi connectivity index (χ1v) is 7.09. The van der Waals surface area contributed by atoms with Crippen LogP contribution in [0.2, 0.25) is 0 Å². The Balaban J connectivity index is 2.23. The second-order valence-electron chi connectivity index (χ2n) is 4.79. The normalized spacial score (nSPS) is 10.8. The Morgan fingerprint density at radius 1 is 1.00 bits per heavy atom. The lowest BCUT2D eigenvalue weighted by Gasteiger charge is -2.21. The Morgan fingerprint density at radius 2 is 1.70 bits per heavy atom. The molecule has 3 heteroatoms. The Labute approximate surface area is 120 Å². The average Bonchev–Trinajstić information content (AvgIpc) is 2.48. The van der Waals surface area contributed by atoms with Crippen LogP contribution in [0.4, 0.5) is 11.4 Å². The van der Waals surface area contributed by atoms with Crippen molar-refractivity contribution < 1.29 is 5.11 Å². The molecule has 0 saturated heterocycles. The van der Waals surface area contributed by atoms with E-state index in [0.29, 0.717) is 5.75 Å². The molecular weight excluding hydrogens is 248 g/mol. The molecule has 0 amide bonds. The van der Waals surface area contributed by atoms with Crippen LogP contribution in [0.5, 0.6) is 5.75 Å². The minimum absolute atomic E-state index is 0.311. The predicted octanol–water partition coefficient (Wildman–Crippen LogP) is 3.98. The molecule has 2 aromatic carbocycles. The Hall–Kier alpha value is -2.00. The van der Waals surface area contributed by atoms with Gasteiger partial charge in [0.2, 0.25) is 0 Å². The van der Waals surface area contributed by atoms with E-state index in [1.165, 1.54) is 0 Å². The number of para-hydroxylation sites is 1. The molecule has 2 N–H and O–H groups in total. The largest absolute Gasteiger partial charge is 0.508 e. The van der Waals surface area contributed by atoms with Crippen molar-refractivity contribution in [2.75, 3.05) is 18.4 Å². The number of nitrogens with one attached hydrogen (secondary N) is 1. The van der Waals surface area contributed by atoms with E-state index in [1.54, 1.807) is 6.07 Å². The van der Waals surface area contributed by atoms with Crippen molar-refractivity contribution in [1.82, 2.24) is 4.90 Å². The second-order valence-corrected chi connectivity index (χ2v) is 4.79. The third-order valence-corrected chi connectivity index (χ3v) is 3.43. The fraction of sp³-hybridized carbons (Fsp3) is 0.294. The minimum atomic E-state index is 0.311. The molecular formula is C17H22N2O. The molecule has 0 fully saturated rings. The number of anilines is 2. The van der Waals surface area contributed by atoms with Gasteiger partial charge in [0.15, 0.2) is 0 Å². The number of hydrogen-bond acceptors (Lipinski definition) is 3. The monoisotopic (exact) mass is 270 g/mol. The highest BCUT2D eigenvalue weighted by molar-refractivity contribution is 5.64. The van der Waals surface area contributed by atoms with Crippen LogP contribution in [0.15, 0.2) is 48.5 Å². The smallest absolute Gasteiger partial charge is 0.116 e. The van der Waals surface area contributed by atoms with E-state index in [9.17, 15) is 5.11 Å². The van der Waals surface area contributed by atoms with E-state index >= 15 is 0 Å². The zero-order chi connectivity index (χ0) is 14.4. The highest BCUT2D eigenvalue weighted by Crippen LogP contribution is 2.25. The third-order valence-electron chi connectivity index (χ3n) is 3.43. The van der Waals surface area contributed by atoms with E-state index in [4.69, 9.17) is 0 Å². The van der Waals surface area contributed by atoms with E-state index in [0.717, 1.165) is 36.6 Å². The van der Waals surface area contributed by atoms with Gasteiger partial charge in [0.1, 0.15) is 5.75 Å². The number of aromatic hydroxyl groups is 1. The number of phenols is 1. The molecule has 0 saturated carbocycles. The summed E-state index contributed by atoms with van der Waals surface area (Å²) in [6.45, 7) is 7.12. The molecule has 0 unspecified atom stereocenters. The van der Waals surface area contributed by atoms with Gasteiger partial charge in [-0.3, -0.25) is 4.90 Å². The van der Waals surface area contributed by atoms with Gasteiger partial charge in [-0.05, 0) is 49.0 Å². The first kappa shape index (κ1) is 14.4. The Morgan fingerprint density at radius 3 is 2.35 bits per heavy atom. The molecule has 0 heterocycles. The SMILES string of the molecule is CCN(CC)Cc1cc(O)ccc1Nc1ccccc1. The molecule has 0 aliphatic rings. The summed E-state index contributed by atoms with van der Waals surface area (Å²) < 4.78 is 0. The Bertz CT molecular complexity index is 536. The van der Waals surface area contributed by atoms with E-state index in [2.05, 4.69) is 24.1 Å². The molecule has 2 rings (SSSR count). The van der Waals surface area contributed by atoms with E-state index in [1.807, 2.05) is 42.5 Å². The van der Waals surface area contributed by atoms with Crippen LogP contribution in [0, 0.1) is 0 Å². The molecule has 0 bridgehead atoms. The van der Waals surface area contributed by atoms with Crippen molar-refractivity contribution in [1.29, 1.82) is 0 Å². The van der Waals surface area contributed by atoms with Gasteiger partial charge in [-0.15, -0.1) is 0 Å². The number of nitrogens with zero attached hydrogens (tertiary/aromatic N) is 1. The fourth-order valence-electron chi connectivity index (χ4n) is 2.20. The van der Waals surface area contributed by atoms with Crippen LogP contribution in [0.1, 0.15) is 19.4 Å². The fourth-order valence-corrected chi connectivity index (χ4v) is 2.20. The van der Waals surface area contributed by atoms with E-state index < -0.39 is 0 Å². The number of benzene rings is 2. The molecule has 0 spiro atoms. The first-order chi connectivity index (χ1) is 9.72. The predicted molar refractivity (Wildman–Crippen MR) is 84.5 cm³/mol. The molecule has 0 aliphatic heterocycles. The molecule has 0 radical (unpaired) electrons. The number of phenolic OH excluding ortho intramolecular Hbond substituents is 1. The van der Waals surface area contributed by atoms with Crippen LogP contribution in [0.3, 0.4) is 0 Å². The summed E-state index contributed by atoms with van der Waals surface area (Å²) in [5.74, 6) is 0.311. The van der Waals surface area contributed by atoms with Crippen LogP contribution >= 0.6 is 0 Å². The summed E-state index contributed by atoms with van der Waals surface area (Å²) in [7, 11) is 0. The summed E-state index contributed by atoms with van der Waals surface area (Å²) in [5.41, 5.74) is 3.21. The van der Waals surface area contributed by atoms with Gasteiger partial charge in [-0.1, -0.05) is 32.0 Å². The van der Waals surface area contributed by atoms with E-state index in [-0.39, 0.29) is 0 Å². The van der Waals surface area contributed by atoms with Gasteiger partial charge in [-0.2, -0.15) is 0 Å². The maximum atomic E-state index is 9.72. The molecule has 0 atom stereocenters. The minimum Gasteiger partial charge on any atom is -0.508 e. The zero-order valence-corrected chi connectivity index (χ0v) is 12.1. The summed E-state index contributed by atoms with van der Waals surface area (Å²) in [6, 6.07) is 15.6. The second kappa shape index (κ2) is 6.96. The van der Waals surface area contributed by atoms with Gasteiger partial charge in [0, 0.05) is 17.9 Å². The van der Waals surface area contributed by atoms with Crippen molar-refractivity contribution in [2.24, 2.45) is 0 Å². The summed E-state index contributed by atoms with van der Waals surface area (Å²) in [5, 5.41) is 13.1. The Kier molecular flexibility index (Phi) is 5.02. The number of hydrogen-bond donors (Lipinski definition) is 2. The van der Waals surface area contributed by atoms with Crippen molar-refractivity contribution in [3.05, 3.63) is 54.1 Å². The standard InChI is InChI=1S/C17H22N2O/c1-3-19(4-2)13-14-12-16(20)10-11-17(14)18-15-8-6-5-7-9-15/h5-12,18,20H,3-4,13H2,1-2H3. The van der Waals surface area contributed by atoms with Crippen molar-refractivity contribution in [3.8, 4) is 5.75 Å². The average molecular weight is 270 g/mol. The molecule has 106 valence electrons. The van der Waals surface area contributed by atoms with Crippen LogP contribution in [-0.4, -0.2) is 23.1 Å². The summed E-state index contributed by atoms with van der Waals surface area (Å²) in [6.07, 6.45) is 0. The quantitative estimate of drug-likeness (QED) is 0.779. The van der Waals surface area contributed by atoms with Crippen molar-refractivity contribution in [3.63, 3.8) is 0 Å². The summed E-state index contributed by atoms with van der Waals surface area (Å²) >= 11 is 0. The summed E-state index contributed by atoms with van der Waals surface area (Å²) in [4.78, 5) is 2.32. The zero-order valence-electron chi connectivity index (χ0n) is 12.1. The molecule has 0 aliphatic carbocycles. The van der Waals surface area contributed by atoms with Gasteiger partial charge in [-0.25, -0.2) is 0 Å². The van der Waals surface area contributed by atoms with Gasteiger partial charge >= 0.3 is 0 Å². The lowest BCUT2D eigenvalue weighted by atomic mass is 10.1. The van der Waals surface area contributed by atoms with Crippen LogP contribution in [-0.2, 0) is 6.54 Å². The highest BCUT2D eigenvalue weighted by atomic mass is 16.3. The lowest BCUT2D eigenvalue weighted by molar-refractivity contribution is 0.296. The lowest BCUT2D eigenvalue weighted by Crippen LogP contribution is -2.22. The maximum Gasteiger partial charge on any atom is 0.116 e. The van der Waals surface area contributed by atoms with Gasteiger partial charge in [0.25, 0.3) is 0 Å². The van der Waals surface area contributed by atoms with Crippen molar-refractivity contribution >= 4 is 11.4 Å². The molecule has 3 nitrogen and oxygen atoms in total. The highest BCUT2D eigenvalue weighted by Gasteiger charge is 2.08. The number of rotatable bonds is 6. The van der Waals surface area contributed by atoms with Crippen molar-refractivity contribution in [2.45, 2.75) is 20.4 Å². The molecule has 2 aromatic rings. The molecule has 20 heavy (non-hydrogen) atoms. The molecule has 0 aromatic heterocycles. The third kappa shape index (κ3) is 3.75.